The smallest absolute Gasteiger partial charge is 0.407 e. The van der Waals surface area contributed by atoms with Crippen LogP contribution < -0.4 is 16.0 Å². The number of alkyl carbamates (subject to hydrolysis) is 1. The molecule has 0 bridgehead atoms. The Bertz CT molecular complexity index is 529. The van der Waals surface area contributed by atoms with Gasteiger partial charge >= 0.3 is 6.09 Å². The number of ether oxygens (including phenoxy) is 1. The van der Waals surface area contributed by atoms with Crippen molar-refractivity contribution in [2.75, 3.05) is 23.7 Å². The Hall–Kier alpha value is -1.91. The van der Waals surface area contributed by atoms with Gasteiger partial charge in [-0.05, 0) is 58.2 Å². The molecule has 1 saturated heterocycles. The van der Waals surface area contributed by atoms with Crippen molar-refractivity contribution < 1.29 is 9.53 Å². The number of hydrogen-bond donors (Lipinski definition) is 2. The first-order valence-corrected chi connectivity index (χ1v) is 7.85. The summed E-state index contributed by atoms with van der Waals surface area (Å²) in [6.45, 7) is 9.45. The molecule has 1 aliphatic heterocycles. The molecule has 1 aromatic rings. The highest BCUT2D eigenvalue weighted by Gasteiger charge is 2.24. The largest absolute Gasteiger partial charge is 0.444 e. The highest BCUT2D eigenvalue weighted by Crippen LogP contribution is 2.27. The quantitative estimate of drug-likeness (QED) is 0.824. The van der Waals surface area contributed by atoms with Crippen LogP contribution >= 0.6 is 0 Å². The van der Waals surface area contributed by atoms with Crippen molar-refractivity contribution in [3.8, 4) is 0 Å². The third-order valence-corrected chi connectivity index (χ3v) is 3.74. The van der Waals surface area contributed by atoms with E-state index in [2.05, 4.69) is 23.2 Å². The molecular weight excluding hydrogens is 278 g/mol. The molecular formula is C17H27N3O2. The zero-order valence-electron chi connectivity index (χ0n) is 14.0. The number of carbonyl (C=O) groups is 1. The van der Waals surface area contributed by atoms with Crippen LogP contribution in [0.5, 0.6) is 0 Å². The third kappa shape index (κ3) is 4.55. The molecule has 0 saturated carbocycles. The summed E-state index contributed by atoms with van der Waals surface area (Å²) in [5.41, 5.74) is 8.73. The maximum absolute atomic E-state index is 11.8. The van der Waals surface area contributed by atoms with Crippen LogP contribution in [-0.2, 0) is 4.74 Å². The molecule has 0 unspecified atom stereocenters. The number of hydrogen-bond acceptors (Lipinski definition) is 4. The first kappa shape index (κ1) is 16.5. The molecule has 0 spiro atoms. The van der Waals surface area contributed by atoms with E-state index < -0.39 is 5.60 Å². The van der Waals surface area contributed by atoms with E-state index in [9.17, 15) is 4.79 Å². The summed E-state index contributed by atoms with van der Waals surface area (Å²) in [5, 5.41) is 2.95. The van der Waals surface area contributed by atoms with Crippen molar-refractivity contribution in [2.24, 2.45) is 0 Å². The predicted octanol–water partition coefficient (Wildman–Crippen LogP) is 3.07. The maximum atomic E-state index is 11.8. The molecule has 5 nitrogen and oxygen atoms in total. The number of aryl methyl sites for hydroxylation is 1. The number of nitrogen functional groups attached to an aromatic ring is 1. The molecule has 0 radical (unpaired) electrons. The van der Waals surface area contributed by atoms with E-state index in [-0.39, 0.29) is 12.1 Å². The van der Waals surface area contributed by atoms with Gasteiger partial charge in [0, 0.05) is 19.1 Å². The first-order valence-electron chi connectivity index (χ1n) is 7.85. The number of amides is 1. The summed E-state index contributed by atoms with van der Waals surface area (Å²) >= 11 is 0. The molecule has 1 fully saturated rings. The standard InChI is InChI=1S/C17H27N3O2/c1-12-5-6-14(18)15(11-12)20-9-7-13(8-10-20)19-16(21)22-17(2,3)4/h5-6,11,13H,7-10,18H2,1-4H3,(H,19,21). The normalized spacial score (nSPS) is 16.5. The Labute approximate surface area is 132 Å². The van der Waals surface area contributed by atoms with Crippen molar-refractivity contribution in [3.63, 3.8) is 0 Å². The number of benzene rings is 1. The number of nitrogens with two attached hydrogens (primary N) is 1. The van der Waals surface area contributed by atoms with Crippen LogP contribution in [0.3, 0.4) is 0 Å². The minimum Gasteiger partial charge on any atom is -0.444 e. The summed E-state index contributed by atoms with van der Waals surface area (Å²) in [6.07, 6.45) is 1.46. The van der Waals surface area contributed by atoms with Crippen LogP contribution in [0.2, 0.25) is 0 Å². The van der Waals surface area contributed by atoms with Crippen molar-refractivity contribution in [1.29, 1.82) is 0 Å². The fourth-order valence-electron chi connectivity index (χ4n) is 2.67. The van der Waals surface area contributed by atoms with Gasteiger partial charge in [0.25, 0.3) is 0 Å². The SMILES string of the molecule is Cc1ccc(N)c(N2CCC(NC(=O)OC(C)(C)C)CC2)c1. The average Bonchev–Trinajstić information content (AvgIpc) is 2.40. The Morgan fingerprint density at radius 1 is 1.32 bits per heavy atom. The average molecular weight is 305 g/mol. The Morgan fingerprint density at radius 2 is 1.95 bits per heavy atom. The lowest BCUT2D eigenvalue weighted by Crippen LogP contribution is -2.46. The van der Waals surface area contributed by atoms with E-state index in [1.54, 1.807) is 0 Å². The van der Waals surface area contributed by atoms with Crippen molar-refractivity contribution in [1.82, 2.24) is 5.32 Å². The van der Waals surface area contributed by atoms with Crippen molar-refractivity contribution in [2.45, 2.75) is 52.2 Å². The van der Waals surface area contributed by atoms with Crippen molar-refractivity contribution >= 4 is 17.5 Å². The molecule has 22 heavy (non-hydrogen) atoms. The Balaban J connectivity index is 1.88. The van der Waals surface area contributed by atoms with Crippen LogP contribution in [0.1, 0.15) is 39.2 Å². The molecule has 2 rings (SSSR count). The van der Waals surface area contributed by atoms with Crippen LogP contribution in [0.25, 0.3) is 0 Å². The highest BCUT2D eigenvalue weighted by molar-refractivity contribution is 5.69. The van der Waals surface area contributed by atoms with Gasteiger partial charge in [0.1, 0.15) is 5.60 Å². The molecule has 3 N–H and O–H groups in total. The number of nitrogens with one attached hydrogen (secondary N) is 1. The third-order valence-electron chi connectivity index (χ3n) is 3.74. The Morgan fingerprint density at radius 3 is 2.55 bits per heavy atom. The molecule has 1 amide bonds. The highest BCUT2D eigenvalue weighted by atomic mass is 16.6. The molecule has 5 heteroatoms. The van der Waals surface area contributed by atoms with Crippen LogP contribution in [0, 0.1) is 6.92 Å². The van der Waals surface area contributed by atoms with Crippen LogP contribution in [0.4, 0.5) is 16.2 Å². The van der Waals surface area contributed by atoms with Gasteiger partial charge in [0.2, 0.25) is 0 Å². The lowest BCUT2D eigenvalue weighted by atomic mass is 10.0. The number of carbonyl (C=O) groups excluding carboxylic acids is 1. The van der Waals surface area contributed by atoms with Gasteiger partial charge < -0.3 is 20.7 Å². The van der Waals surface area contributed by atoms with Gasteiger partial charge in [-0.3, -0.25) is 0 Å². The summed E-state index contributed by atoms with van der Waals surface area (Å²) in [5.74, 6) is 0. The van der Waals surface area contributed by atoms with Gasteiger partial charge in [0.05, 0.1) is 11.4 Å². The number of rotatable bonds is 2. The number of anilines is 2. The number of piperidine rings is 1. The van der Waals surface area contributed by atoms with Gasteiger partial charge in [0.15, 0.2) is 0 Å². The fraction of sp³-hybridized carbons (Fsp3) is 0.588. The van der Waals surface area contributed by atoms with Crippen LogP contribution in [-0.4, -0.2) is 30.8 Å². The second-order valence-electron chi connectivity index (χ2n) is 6.97. The minimum absolute atomic E-state index is 0.164. The second kappa shape index (κ2) is 6.46. The lowest BCUT2D eigenvalue weighted by molar-refractivity contribution is 0.0497. The molecule has 122 valence electrons. The monoisotopic (exact) mass is 305 g/mol. The molecule has 0 aliphatic carbocycles. The summed E-state index contributed by atoms with van der Waals surface area (Å²) in [4.78, 5) is 14.1. The summed E-state index contributed by atoms with van der Waals surface area (Å²) in [7, 11) is 0. The van der Waals surface area contributed by atoms with Gasteiger partial charge in [-0.25, -0.2) is 4.79 Å². The predicted molar refractivity (Wildman–Crippen MR) is 90.2 cm³/mol. The molecule has 0 atom stereocenters. The van der Waals surface area contributed by atoms with E-state index in [0.29, 0.717) is 0 Å². The summed E-state index contributed by atoms with van der Waals surface area (Å²) in [6, 6.07) is 6.26. The lowest BCUT2D eigenvalue weighted by Gasteiger charge is -2.35. The minimum atomic E-state index is -0.458. The van der Waals surface area contributed by atoms with E-state index in [4.69, 9.17) is 10.5 Å². The van der Waals surface area contributed by atoms with Gasteiger partial charge in [-0.1, -0.05) is 6.07 Å². The van der Waals surface area contributed by atoms with E-state index in [0.717, 1.165) is 37.3 Å². The second-order valence-corrected chi connectivity index (χ2v) is 6.97. The molecule has 1 heterocycles. The topological polar surface area (TPSA) is 67.6 Å². The Kier molecular flexibility index (Phi) is 4.84. The van der Waals surface area contributed by atoms with E-state index in [1.165, 1.54) is 5.56 Å². The van der Waals surface area contributed by atoms with Gasteiger partial charge in [-0.2, -0.15) is 0 Å². The molecule has 0 aromatic heterocycles. The zero-order chi connectivity index (χ0) is 16.3. The maximum Gasteiger partial charge on any atom is 0.407 e. The number of nitrogens with zero attached hydrogens (tertiary/aromatic N) is 1. The van der Waals surface area contributed by atoms with Crippen LogP contribution in [0.15, 0.2) is 18.2 Å². The summed E-state index contributed by atoms with van der Waals surface area (Å²) < 4.78 is 5.30. The van der Waals surface area contributed by atoms with Gasteiger partial charge in [-0.15, -0.1) is 0 Å². The molecule has 1 aromatic carbocycles. The van der Waals surface area contributed by atoms with E-state index in [1.807, 2.05) is 32.9 Å². The van der Waals surface area contributed by atoms with Crippen molar-refractivity contribution in [3.05, 3.63) is 23.8 Å². The van der Waals surface area contributed by atoms with E-state index >= 15 is 0 Å². The fourth-order valence-corrected chi connectivity index (χ4v) is 2.67. The zero-order valence-corrected chi connectivity index (χ0v) is 14.0. The first-order chi connectivity index (χ1) is 10.2. The molecule has 1 aliphatic rings.